The Bertz CT molecular complexity index is 496. The van der Waals surface area contributed by atoms with Gasteiger partial charge in [0.15, 0.2) is 0 Å². The second-order valence-electron chi connectivity index (χ2n) is 6.65. The SMILES string of the molecule is CCCC(=O)[O][Ti+2][CH]1CCCC2=C1C(C)C1=C2CCCC1.C[O-].C[O-]. The van der Waals surface area contributed by atoms with Crippen LogP contribution in [0, 0.1) is 5.92 Å². The Hall–Kier alpha value is -0.416. The zero-order valence-electron chi connectivity index (χ0n) is 16.2. The van der Waals surface area contributed by atoms with Crippen LogP contribution in [0.2, 0.25) is 4.22 Å². The molecular weight excluding hydrogens is 352 g/mol. The average molecular weight is 384 g/mol. The molecule has 0 heterocycles. The van der Waals surface area contributed by atoms with Crippen molar-refractivity contribution in [3.8, 4) is 0 Å². The van der Waals surface area contributed by atoms with Crippen LogP contribution in [0.3, 0.4) is 0 Å². The molecule has 2 unspecified atom stereocenters. The molecule has 3 aliphatic carbocycles. The van der Waals surface area contributed by atoms with Gasteiger partial charge in [-0.15, -0.1) is 0 Å². The molecule has 0 aromatic carbocycles. The van der Waals surface area contributed by atoms with Crippen molar-refractivity contribution >= 4 is 5.97 Å². The van der Waals surface area contributed by atoms with Crippen molar-refractivity contribution in [2.24, 2.45) is 5.92 Å². The van der Waals surface area contributed by atoms with Crippen molar-refractivity contribution in [3.05, 3.63) is 22.3 Å². The monoisotopic (exact) mass is 384 g/mol. The first-order chi connectivity index (χ1) is 12.2. The number of carbonyl (C=O) groups is 1. The van der Waals surface area contributed by atoms with E-state index in [0.717, 1.165) is 20.6 Å². The maximum Gasteiger partial charge on any atom is -0.153 e. The van der Waals surface area contributed by atoms with E-state index in [4.69, 9.17) is 13.5 Å². The molecule has 25 heavy (non-hydrogen) atoms. The van der Waals surface area contributed by atoms with E-state index in [2.05, 4.69) is 6.92 Å². The van der Waals surface area contributed by atoms with Gasteiger partial charge in [0.2, 0.25) is 0 Å². The minimum atomic E-state index is -0.621. The largest absolute Gasteiger partial charge is 0.857 e. The molecule has 3 aliphatic rings. The van der Waals surface area contributed by atoms with Crippen molar-refractivity contribution in [1.29, 1.82) is 0 Å². The zero-order chi connectivity index (χ0) is 18.8. The Kier molecular flexibility index (Phi) is 10.9. The molecule has 0 fully saturated rings. The summed E-state index contributed by atoms with van der Waals surface area (Å²) in [5, 5.41) is 16.5. The molecule has 5 heteroatoms. The van der Waals surface area contributed by atoms with E-state index in [9.17, 15) is 4.79 Å². The summed E-state index contributed by atoms with van der Waals surface area (Å²) in [5.41, 5.74) is 6.85. The summed E-state index contributed by atoms with van der Waals surface area (Å²) >= 11 is -0.621. The Morgan fingerprint density at radius 3 is 2.40 bits per heavy atom. The van der Waals surface area contributed by atoms with Gasteiger partial charge >= 0.3 is 138 Å². The molecule has 3 rings (SSSR count). The number of hydrogen-bond acceptors (Lipinski definition) is 4. The van der Waals surface area contributed by atoms with Crippen molar-refractivity contribution in [1.82, 2.24) is 0 Å². The molecule has 0 aromatic heterocycles. The Labute approximate surface area is 162 Å². The van der Waals surface area contributed by atoms with Crippen LogP contribution in [-0.2, 0) is 27.7 Å². The summed E-state index contributed by atoms with van der Waals surface area (Å²) < 4.78 is 6.27. The van der Waals surface area contributed by atoms with Gasteiger partial charge in [-0.1, -0.05) is 0 Å². The smallest absolute Gasteiger partial charge is 0.153 e. The molecular formula is C20H32O4Ti. The molecule has 0 radical (unpaired) electrons. The van der Waals surface area contributed by atoms with Crippen LogP contribution in [0.4, 0.5) is 0 Å². The fraction of sp³-hybridized carbons (Fsp3) is 0.750. The normalized spacial score (nSPS) is 24.1. The number of carbonyl (C=O) groups excluding carboxylic acids is 1. The van der Waals surface area contributed by atoms with E-state index >= 15 is 0 Å². The van der Waals surface area contributed by atoms with Crippen molar-refractivity contribution < 1.29 is 37.9 Å². The van der Waals surface area contributed by atoms with Gasteiger partial charge in [0.1, 0.15) is 0 Å². The summed E-state index contributed by atoms with van der Waals surface area (Å²) in [4.78, 5) is 11.7. The van der Waals surface area contributed by atoms with Gasteiger partial charge < -0.3 is 10.2 Å². The third-order valence-electron chi connectivity index (χ3n) is 5.28. The number of allylic oxidation sites excluding steroid dienone is 4. The molecule has 0 saturated carbocycles. The van der Waals surface area contributed by atoms with E-state index < -0.39 is 19.5 Å². The van der Waals surface area contributed by atoms with Crippen LogP contribution in [-0.4, -0.2) is 20.2 Å². The summed E-state index contributed by atoms with van der Waals surface area (Å²) in [6, 6.07) is 0. The molecule has 0 bridgehead atoms. The molecule has 0 amide bonds. The minimum Gasteiger partial charge on any atom is -0.857 e. The third-order valence-corrected chi connectivity index (χ3v) is 7.20. The summed E-state index contributed by atoms with van der Waals surface area (Å²) in [6.07, 6.45) is 10.7. The van der Waals surface area contributed by atoms with Gasteiger partial charge in [0, 0.05) is 0 Å². The van der Waals surface area contributed by atoms with Gasteiger partial charge in [0.25, 0.3) is 0 Å². The molecule has 0 saturated heterocycles. The number of rotatable bonds is 4. The molecule has 0 spiro atoms. The quantitative estimate of drug-likeness (QED) is 0.699. The second kappa shape index (κ2) is 12.1. The Morgan fingerprint density at radius 2 is 1.72 bits per heavy atom. The zero-order valence-corrected chi connectivity index (χ0v) is 17.7. The van der Waals surface area contributed by atoms with Crippen molar-refractivity contribution in [3.63, 3.8) is 0 Å². The van der Waals surface area contributed by atoms with E-state index in [1.807, 2.05) is 6.92 Å². The van der Waals surface area contributed by atoms with Crippen LogP contribution < -0.4 is 10.2 Å². The van der Waals surface area contributed by atoms with E-state index in [1.165, 1.54) is 44.9 Å². The Balaban J connectivity index is 0.000000730. The molecule has 0 aromatic rings. The summed E-state index contributed by atoms with van der Waals surface area (Å²) in [7, 11) is 1.50. The van der Waals surface area contributed by atoms with E-state index in [-0.39, 0.29) is 5.97 Å². The van der Waals surface area contributed by atoms with Gasteiger partial charge in [-0.05, 0) is 0 Å². The molecule has 0 N–H and O–H groups in total. The van der Waals surface area contributed by atoms with E-state index in [1.54, 1.807) is 22.3 Å². The molecule has 140 valence electrons. The first-order valence-electron chi connectivity index (χ1n) is 9.44. The standard InChI is InChI=1S/C14H19.C4H8O2.2CH3O.Ti/c1-10-11-6-2-4-8-13(11)14-9-5-3-7-12(10)14;1-2-3-4(5)6;2*1-2;/h6,10H,2-5,7-9H2,1H3;2-3H2,1H3,(H,5,6);2*1H3;/q;;2*-1;+3/p-1. The second-order valence-corrected chi connectivity index (χ2v) is 8.43. The minimum absolute atomic E-state index is 0.0357. The number of fused-ring (bicyclic) bond motifs is 1. The topological polar surface area (TPSA) is 72.4 Å². The maximum atomic E-state index is 11.7. The summed E-state index contributed by atoms with van der Waals surface area (Å²) in [5.74, 6) is 0.683. The van der Waals surface area contributed by atoms with Crippen LogP contribution in [0.15, 0.2) is 22.3 Å². The van der Waals surface area contributed by atoms with Crippen LogP contribution in [0.25, 0.3) is 0 Å². The van der Waals surface area contributed by atoms with Crippen molar-refractivity contribution in [2.75, 3.05) is 14.2 Å². The summed E-state index contributed by atoms with van der Waals surface area (Å²) in [6.45, 7) is 4.45. The average Bonchev–Trinajstić information content (AvgIpc) is 2.97. The van der Waals surface area contributed by atoms with Gasteiger partial charge in [-0.2, -0.15) is 14.2 Å². The maximum absolute atomic E-state index is 11.7. The fourth-order valence-electron chi connectivity index (χ4n) is 4.33. The van der Waals surface area contributed by atoms with Crippen LogP contribution in [0.1, 0.15) is 71.6 Å². The van der Waals surface area contributed by atoms with Gasteiger partial charge in [-0.25, -0.2) is 0 Å². The fourth-order valence-corrected chi connectivity index (χ4v) is 6.28. The van der Waals surface area contributed by atoms with Crippen LogP contribution in [0.5, 0.6) is 0 Å². The predicted octanol–water partition coefficient (Wildman–Crippen LogP) is 3.07. The predicted molar refractivity (Wildman–Crippen MR) is 92.1 cm³/mol. The number of hydrogen-bond donors (Lipinski definition) is 0. The van der Waals surface area contributed by atoms with Gasteiger partial charge in [-0.3, -0.25) is 0 Å². The van der Waals surface area contributed by atoms with Crippen LogP contribution >= 0.6 is 0 Å². The molecule has 2 atom stereocenters. The van der Waals surface area contributed by atoms with Crippen molar-refractivity contribution in [2.45, 2.75) is 75.9 Å². The first kappa shape index (κ1) is 22.6. The van der Waals surface area contributed by atoms with E-state index in [0.29, 0.717) is 16.6 Å². The van der Waals surface area contributed by atoms with Gasteiger partial charge in [0.05, 0.1) is 0 Å². The molecule has 4 nitrogen and oxygen atoms in total. The molecule has 0 aliphatic heterocycles. The Morgan fingerprint density at radius 1 is 1.08 bits per heavy atom. The first-order valence-corrected chi connectivity index (χ1v) is 11.0. The third kappa shape index (κ3) is 5.53.